The maximum Gasteiger partial charge on any atom is 0.317 e. The highest BCUT2D eigenvalue weighted by molar-refractivity contribution is 5.68. The maximum atomic E-state index is 11.8. The summed E-state index contributed by atoms with van der Waals surface area (Å²) in [5, 5.41) is 32.3. The minimum absolute atomic E-state index is 0.0581. The molecule has 2 aromatic heterocycles. The third-order valence-corrected chi connectivity index (χ3v) is 5.61. The van der Waals surface area contributed by atoms with E-state index in [1.54, 1.807) is 52.7 Å². The van der Waals surface area contributed by atoms with Crippen LogP contribution in [0.25, 0.3) is 12.2 Å². The molecule has 0 spiro atoms. The first-order chi connectivity index (χ1) is 16.9. The second-order valence-corrected chi connectivity index (χ2v) is 9.11. The quantitative estimate of drug-likeness (QED) is 0.259. The predicted molar refractivity (Wildman–Crippen MR) is 140 cm³/mol. The van der Waals surface area contributed by atoms with Crippen LogP contribution in [0.3, 0.4) is 0 Å². The Labute approximate surface area is 209 Å². The van der Waals surface area contributed by atoms with Crippen LogP contribution in [0.5, 0.6) is 0 Å². The minimum atomic E-state index is -0.430. The molecule has 0 N–H and O–H groups in total. The summed E-state index contributed by atoms with van der Waals surface area (Å²) >= 11 is 0. The zero-order valence-electron chi connectivity index (χ0n) is 21.5. The Hall–Kier alpha value is -4.28. The highest BCUT2D eigenvalue weighted by Crippen LogP contribution is 2.30. The third kappa shape index (κ3) is 5.35. The number of rotatable bonds is 9. The first-order valence-corrected chi connectivity index (χ1v) is 11.6. The molecule has 0 fully saturated rings. The zero-order valence-corrected chi connectivity index (χ0v) is 21.5. The molecule has 0 saturated carbocycles. The van der Waals surface area contributed by atoms with Gasteiger partial charge >= 0.3 is 11.4 Å². The Morgan fingerprint density at radius 1 is 0.833 bits per heavy atom. The number of aryl methyl sites for hydroxylation is 3. The summed E-state index contributed by atoms with van der Waals surface area (Å²) in [6, 6.07) is 7.51. The van der Waals surface area contributed by atoms with Gasteiger partial charge in [0.15, 0.2) is 0 Å². The van der Waals surface area contributed by atoms with Crippen molar-refractivity contribution in [1.82, 2.24) is 19.6 Å². The van der Waals surface area contributed by atoms with E-state index in [1.807, 2.05) is 58.9 Å². The van der Waals surface area contributed by atoms with E-state index >= 15 is 0 Å². The highest BCUT2D eigenvalue weighted by atomic mass is 16.6. The van der Waals surface area contributed by atoms with Crippen LogP contribution in [-0.4, -0.2) is 29.4 Å². The van der Waals surface area contributed by atoms with Crippen LogP contribution < -0.4 is 4.90 Å². The Morgan fingerprint density at radius 2 is 1.28 bits per heavy atom. The molecule has 0 aliphatic rings. The van der Waals surface area contributed by atoms with Gasteiger partial charge in [-0.25, -0.2) is 0 Å². The molecule has 11 heteroatoms. The van der Waals surface area contributed by atoms with Gasteiger partial charge < -0.3 is 4.90 Å². The molecule has 0 atom stereocenters. The van der Waals surface area contributed by atoms with E-state index in [2.05, 4.69) is 10.2 Å². The third-order valence-electron chi connectivity index (χ3n) is 5.61. The lowest BCUT2D eigenvalue weighted by Gasteiger charge is -2.17. The van der Waals surface area contributed by atoms with Gasteiger partial charge in [0.25, 0.3) is 0 Å². The van der Waals surface area contributed by atoms with Gasteiger partial charge in [-0.15, -0.1) is 0 Å². The number of benzene rings is 1. The Balaban J connectivity index is 2.16. The van der Waals surface area contributed by atoms with Crippen molar-refractivity contribution < 1.29 is 9.85 Å². The van der Waals surface area contributed by atoms with Gasteiger partial charge in [-0.2, -0.15) is 10.2 Å². The van der Waals surface area contributed by atoms with E-state index in [4.69, 9.17) is 0 Å². The van der Waals surface area contributed by atoms with Crippen LogP contribution in [0, 0.1) is 41.0 Å². The highest BCUT2D eigenvalue weighted by Gasteiger charge is 2.26. The van der Waals surface area contributed by atoms with Crippen LogP contribution in [-0.2, 0) is 0 Å². The average molecular weight is 494 g/mol. The molecule has 190 valence electrons. The summed E-state index contributed by atoms with van der Waals surface area (Å²) in [5.41, 5.74) is 3.08. The molecule has 3 aromatic rings. The molecule has 0 aliphatic carbocycles. The van der Waals surface area contributed by atoms with Gasteiger partial charge in [0.05, 0.1) is 9.85 Å². The smallest absolute Gasteiger partial charge is 0.317 e. The molecular formula is C25H31N7O4. The van der Waals surface area contributed by atoms with Gasteiger partial charge in [-0.05, 0) is 78.3 Å². The van der Waals surface area contributed by atoms with Crippen LogP contribution in [0.4, 0.5) is 17.1 Å². The first-order valence-electron chi connectivity index (χ1n) is 11.6. The second-order valence-electron chi connectivity index (χ2n) is 9.11. The van der Waals surface area contributed by atoms with Gasteiger partial charge in [0.1, 0.15) is 22.8 Å². The Bertz CT molecular complexity index is 1270. The molecule has 11 nitrogen and oxygen atoms in total. The number of aromatic nitrogens is 4. The molecule has 2 heterocycles. The van der Waals surface area contributed by atoms with Crippen LogP contribution in [0.15, 0.2) is 36.7 Å². The minimum Gasteiger partial charge on any atom is -0.324 e. The van der Waals surface area contributed by atoms with Crippen molar-refractivity contribution in [3.05, 3.63) is 85.2 Å². The van der Waals surface area contributed by atoms with Gasteiger partial charge in [0.2, 0.25) is 0 Å². The fraction of sp³-hybridized carbons (Fsp3) is 0.360. The molecule has 0 radical (unpaired) electrons. The first kappa shape index (κ1) is 26.3. The monoisotopic (exact) mass is 493 g/mol. The number of nitrogens with zero attached hydrogens (tertiary/aromatic N) is 7. The van der Waals surface area contributed by atoms with Crippen LogP contribution in [0.2, 0.25) is 0 Å². The van der Waals surface area contributed by atoms with Crippen molar-refractivity contribution in [3.8, 4) is 0 Å². The Kier molecular flexibility index (Phi) is 7.71. The van der Waals surface area contributed by atoms with E-state index in [0.717, 1.165) is 11.3 Å². The topological polar surface area (TPSA) is 125 Å². The number of nitro groups is 2. The van der Waals surface area contributed by atoms with Crippen molar-refractivity contribution in [3.63, 3.8) is 0 Å². The average Bonchev–Trinajstić information content (AvgIpc) is 3.30. The summed E-state index contributed by atoms with van der Waals surface area (Å²) in [4.78, 5) is 24.4. The van der Waals surface area contributed by atoms with Crippen LogP contribution in [0.1, 0.15) is 68.1 Å². The number of hydrogen-bond donors (Lipinski definition) is 0. The standard InChI is InChI=1S/C25H31N7O4/c1-16(2)29-22(24(31(33)34)19(6)26-29)11-13-28(21-10-8-9-18(5)15-21)14-12-23-25(32(35)36)20(7)27-30(23)17(3)4/h8-17H,1-7H3/b13-11+,14-12+. The van der Waals surface area contributed by atoms with Gasteiger partial charge in [-0.3, -0.25) is 29.6 Å². The molecule has 3 rings (SSSR count). The van der Waals surface area contributed by atoms with E-state index in [1.165, 1.54) is 0 Å². The largest absolute Gasteiger partial charge is 0.324 e. The summed E-state index contributed by atoms with van der Waals surface area (Å²) in [5.74, 6) is 0. The van der Waals surface area contributed by atoms with Crippen molar-refractivity contribution in [2.24, 2.45) is 0 Å². The summed E-state index contributed by atoms with van der Waals surface area (Å²) in [6.07, 6.45) is 6.68. The summed E-state index contributed by atoms with van der Waals surface area (Å²) in [6.45, 7) is 12.8. The summed E-state index contributed by atoms with van der Waals surface area (Å²) < 4.78 is 3.23. The lowest BCUT2D eigenvalue weighted by molar-refractivity contribution is -0.385. The molecule has 0 amide bonds. The van der Waals surface area contributed by atoms with Gasteiger partial charge in [-0.1, -0.05) is 12.1 Å². The maximum absolute atomic E-state index is 11.8. The fourth-order valence-electron chi connectivity index (χ4n) is 3.97. The van der Waals surface area contributed by atoms with E-state index < -0.39 is 9.85 Å². The lowest BCUT2D eigenvalue weighted by Crippen LogP contribution is -2.10. The number of anilines is 1. The fourth-order valence-corrected chi connectivity index (χ4v) is 3.97. The molecule has 1 aromatic carbocycles. The molecule has 0 unspecified atom stereocenters. The van der Waals surface area contributed by atoms with E-state index in [-0.39, 0.29) is 23.5 Å². The molecule has 0 aliphatic heterocycles. The number of hydrogen-bond acceptors (Lipinski definition) is 7. The Morgan fingerprint density at radius 3 is 1.64 bits per heavy atom. The zero-order chi connectivity index (χ0) is 26.7. The van der Waals surface area contributed by atoms with Crippen molar-refractivity contribution >= 4 is 29.2 Å². The van der Waals surface area contributed by atoms with Crippen molar-refractivity contribution in [2.45, 2.75) is 60.5 Å². The molecule has 36 heavy (non-hydrogen) atoms. The molecular weight excluding hydrogens is 462 g/mol. The van der Waals surface area contributed by atoms with E-state index in [9.17, 15) is 20.2 Å². The second kappa shape index (κ2) is 10.5. The predicted octanol–water partition coefficient (Wildman–Crippen LogP) is 6.13. The normalized spacial score (nSPS) is 11.9. The molecule has 0 saturated heterocycles. The lowest BCUT2D eigenvalue weighted by atomic mass is 10.2. The van der Waals surface area contributed by atoms with Crippen molar-refractivity contribution in [2.75, 3.05) is 4.90 Å². The van der Waals surface area contributed by atoms with Crippen LogP contribution >= 0.6 is 0 Å². The SMILES string of the molecule is Cc1cccc(N(/C=C/c2c([N+](=O)[O-])c(C)nn2C(C)C)/C=C/c2c([N+](=O)[O-])c(C)nn2C(C)C)c1. The van der Waals surface area contributed by atoms with E-state index in [0.29, 0.717) is 22.8 Å². The summed E-state index contributed by atoms with van der Waals surface area (Å²) in [7, 11) is 0. The van der Waals surface area contributed by atoms with Crippen molar-refractivity contribution in [1.29, 1.82) is 0 Å². The van der Waals surface area contributed by atoms with Gasteiger partial charge in [0, 0.05) is 30.2 Å². The molecule has 0 bridgehead atoms.